The van der Waals surface area contributed by atoms with Gasteiger partial charge in [-0.05, 0) is 12.1 Å². The summed E-state index contributed by atoms with van der Waals surface area (Å²) in [6, 6.07) is 12.1. The summed E-state index contributed by atoms with van der Waals surface area (Å²) in [6.07, 6.45) is 1.81. The molecule has 0 unspecified atom stereocenters. The van der Waals surface area contributed by atoms with Crippen LogP contribution in [-0.4, -0.2) is 23.8 Å². The van der Waals surface area contributed by atoms with Crippen molar-refractivity contribution in [3.8, 4) is 0 Å². The Labute approximate surface area is 98.0 Å². The van der Waals surface area contributed by atoms with Crippen LogP contribution in [0.4, 0.5) is 0 Å². The van der Waals surface area contributed by atoms with Gasteiger partial charge >= 0.3 is 0 Å². The van der Waals surface area contributed by atoms with Crippen LogP contribution in [0.1, 0.15) is 0 Å². The number of fused-ring (bicyclic) bond motifs is 1. The monoisotopic (exact) mass is 234 g/mol. The van der Waals surface area contributed by atoms with Gasteiger partial charge in [0.05, 0.1) is 5.52 Å². The van der Waals surface area contributed by atoms with Gasteiger partial charge in [0.2, 0.25) is 0 Å². The van der Waals surface area contributed by atoms with Crippen LogP contribution in [0.2, 0.25) is 0 Å². The first-order valence-electron chi connectivity index (χ1n) is 3.26. The number of benzene rings is 1. The molecule has 0 bridgehead atoms. The van der Waals surface area contributed by atoms with Crippen LogP contribution in [0.25, 0.3) is 10.9 Å². The minimum atomic E-state index is 0. The molecule has 0 aliphatic heterocycles. The van der Waals surface area contributed by atoms with Crippen LogP contribution in [0, 0.1) is 0 Å². The molecule has 1 aromatic heterocycles. The first-order chi connectivity index (χ1) is 4.97. The van der Waals surface area contributed by atoms with Crippen molar-refractivity contribution in [3.05, 3.63) is 42.6 Å². The van der Waals surface area contributed by atoms with Crippen molar-refractivity contribution >= 4 is 29.8 Å². The van der Waals surface area contributed by atoms with Crippen LogP contribution in [0.3, 0.4) is 0 Å². The molecule has 0 aliphatic rings. The van der Waals surface area contributed by atoms with E-state index >= 15 is 0 Å². The van der Waals surface area contributed by atoms with E-state index in [-0.39, 0.29) is 39.9 Å². The fourth-order valence-corrected chi connectivity index (χ4v) is 1.02. The molecule has 0 amide bonds. The van der Waals surface area contributed by atoms with Gasteiger partial charge in [-0.25, -0.2) is 0 Å². The molecule has 0 saturated heterocycles. The molecular weight excluding hydrogens is 225 g/mol. The van der Waals surface area contributed by atoms with E-state index < -0.39 is 0 Å². The average Bonchev–Trinajstić information content (AvgIpc) is 2.05. The molecule has 0 atom stereocenters. The zero-order chi connectivity index (χ0) is 6.81. The van der Waals surface area contributed by atoms with Crippen LogP contribution < -0.4 is 0 Å². The van der Waals surface area contributed by atoms with Gasteiger partial charge in [-0.1, -0.05) is 24.3 Å². The number of hydrogen-bond acceptors (Lipinski definition) is 1. The summed E-state index contributed by atoms with van der Waals surface area (Å²) in [5, 5.41) is 1.20. The van der Waals surface area contributed by atoms with Crippen LogP contribution >= 0.6 is 0 Å². The van der Waals surface area contributed by atoms with Gasteiger partial charge < -0.3 is 0 Å². The van der Waals surface area contributed by atoms with Gasteiger partial charge in [-0.15, -0.1) is 0 Å². The van der Waals surface area contributed by atoms with E-state index in [9.17, 15) is 0 Å². The second-order valence-electron chi connectivity index (χ2n) is 2.20. The van der Waals surface area contributed by atoms with Crippen molar-refractivity contribution in [2.45, 2.75) is 0 Å². The second kappa shape index (κ2) is 5.54. The minimum absolute atomic E-state index is 0. The van der Waals surface area contributed by atoms with Crippen molar-refractivity contribution in [2.24, 2.45) is 0 Å². The average molecular weight is 232 g/mol. The Morgan fingerprint density at radius 3 is 2.33 bits per heavy atom. The summed E-state index contributed by atoms with van der Waals surface area (Å²) >= 11 is 0. The fourth-order valence-electron chi connectivity index (χ4n) is 1.02. The molecule has 2 aromatic rings. The number of hydrogen-bond donors (Lipinski definition) is 0. The molecular formula is C9H7LiMoN. The fraction of sp³-hybridized carbons (Fsp3) is 0. The van der Waals surface area contributed by atoms with Crippen molar-refractivity contribution in [1.82, 2.24) is 4.98 Å². The molecule has 1 radical (unpaired) electrons. The van der Waals surface area contributed by atoms with Crippen LogP contribution in [-0.2, 0) is 21.1 Å². The summed E-state index contributed by atoms with van der Waals surface area (Å²) in [6.45, 7) is 0. The van der Waals surface area contributed by atoms with Crippen molar-refractivity contribution < 1.29 is 21.1 Å². The number of rotatable bonds is 0. The van der Waals surface area contributed by atoms with Gasteiger partial charge in [0, 0.05) is 51.5 Å². The Hall–Kier alpha value is -0.0843. The zero-order valence-electron chi connectivity index (χ0n) is 6.90. The number of aromatic nitrogens is 1. The Kier molecular flexibility index (Phi) is 5.50. The van der Waals surface area contributed by atoms with Gasteiger partial charge in [0.15, 0.2) is 0 Å². The molecule has 0 saturated carbocycles. The second-order valence-corrected chi connectivity index (χ2v) is 2.20. The van der Waals surface area contributed by atoms with E-state index in [1.165, 1.54) is 5.39 Å². The standard InChI is InChI=1S/C9H7N.Li.Mo/c1-2-6-9-8(4-1)5-3-7-10-9;;/h1-7H;;. The Bertz CT molecular complexity index is 286. The topological polar surface area (TPSA) is 12.9 Å². The molecule has 1 heterocycles. The smallest absolute Gasteiger partial charge is 0.0701 e. The van der Waals surface area contributed by atoms with Crippen molar-refractivity contribution in [1.29, 1.82) is 0 Å². The zero-order valence-corrected chi connectivity index (χ0v) is 8.90. The van der Waals surface area contributed by atoms with Gasteiger partial charge in [0.25, 0.3) is 0 Å². The molecule has 1 nitrogen and oxygen atoms in total. The maximum absolute atomic E-state index is 4.18. The molecule has 3 heteroatoms. The van der Waals surface area contributed by atoms with Gasteiger partial charge in [-0.2, -0.15) is 0 Å². The summed E-state index contributed by atoms with van der Waals surface area (Å²) in [4.78, 5) is 4.18. The maximum Gasteiger partial charge on any atom is 0.0701 e. The Morgan fingerprint density at radius 1 is 0.917 bits per heavy atom. The molecule has 0 spiro atoms. The van der Waals surface area contributed by atoms with E-state index in [1.54, 1.807) is 0 Å². The van der Waals surface area contributed by atoms with E-state index in [0.29, 0.717) is 0 Å². The van der Waals surface area contributed by atoms with Crippen LogP contribution in [0.5, 0.6) is 0 Å². The quantitative estimate of drug-likeness (QED) is 0.631. The minimum Gasteiger partial charge on any atom is -0.256 e. The Balaban J connectivity index is 0.000000605. The predicted octanol–water partition coefficient (Wildman–Crippen LogP) is 1.85. The first kappa shape index (κ1) is 11.9. The molecule has 0 aliphatic carbocycles. The summed E-state index contributed by atoms with van der Waals surface area (Å²) in [5.74, 6) is 0. The van der Waals surface area contributed by atoms with Gasteiger partial charge in [0.1, 0.15) is 0 Å². The predicted molar refractivity (Wildman–Crippen MR) is 47.5 cm³/mol. The third kappa shape index (κ3) is 2.46. The SMILES string of the molecule is [Li].[Mo].c1ccc2ncccc2c1. The Morgan fingerprint density at radius 2 is 1.58 bits per heavy atom. The maximum atomic E-state index is 4.18. The van der Waals surface area contributed by atoms with Crippen molar-refractivity contribution in [2.75, 3.05) is 0 Å². The van der Waals surface area contributed by atoms with E-state index in [2.05, 4.69) is 17.1 Å². The number of nitrogens with zero attached hydrogens (tertiary/aromatic N) is 1. The van der Waals surface area contributed by atoms with Crippen molar-refractivity contribution in [3.63, 3.8) is 0 Å². The van der Waals surface area contributed by atoms with E-state index in [1.807, 2.05) is 30.5 Å². The number of pyridine rings is 1. The third-order valence-electron chi connectivity index (χ3n) is 1.51. The van der Waals surface area contributed by atoms with E-state index in [0.717, 1.165) is 5.52 Å². The number of para-hydroxylation sites is 1. The van der Waals surface area contributed by atoms with Gasteiger partial charge in [-0.3, -0.25) is 4.98 Å². The molecule has 0 N–H and O–H groups in total. The summed E-state index contributed by atoms with van der Waals surface area (Å²) in [7, 11) is 0. The molecule has 2 rings (SSSR count). The normalized spacial score (nSPS) is 8.33. The largest absolute Gasteiger partial charge is 0.256 e. The molecule has 1 aromatic carbocycles. The first-order valence-corrected chi connectivity index (χ1v) is 3.26. The summed E-state index contributed by atoms with van der Waals surface area (Å²) < 4.78 is 0. The summed E-state index contributed by atoms with van der Waals surface area (Å²) in [5.41, 5.74) is 1.06. The van der Waals surface area contributed by atoms with E-state index in [4.69, 9.17) is 0 Å². The molecule has 0 fully saturated rings. The van der Waals surface area contributed by atoms with Crippen LogP contribution in [0.15, 0.2) is 42.6 Å². The molecule has 55 valence electrons. The third-order valence-corrected chi connectivity index (χ3v) is 1.51. The molecule has 12 heavy (non-hydrogen) atoms.